The van der Waals surface area contributed by atoms with E-state index in [1.54, 1.807) is 0 Å². The van der Waals surface area contributed by atoms with Crippen LogP contribution in [0, 0.1) is 0 Å². The van der Waals surface area contributed by atoms with Gasteiger partial charge in [-0.25, -0.2) is 4.98 Å². The number of imidazole rings is 1. The van der Waals surface area contributed by atoms with Crippen LogP contribution in [-0.4, -0.2) is 9.55 Å². The van der Waals surface area contributed by atoms with Crippen molar-refractivity contribution in [1.82, 2.24) is 9.55 Å². The minimum absolute atomic E-state index is 0.428. The lowest BCUT2D eigenvalue weighted by atomic mass is 9.64. The number of nitrogens with zero attached hydrogens (tertiary/aromatic N) is 3. The van der Waals surface area contributed by atoms with Crippen molar-refractivity contribution in [2.24, 2.45) is 0 Å². The lowest BCUT2D eigenvalue weighted by molar-refractivity contribution is 0.752. The lowest BCUT2D eigenvalue weighted by Gasteiger charge is -2.45. The van der Waals surface area contributed by atoms with E-state index in [2.05, 4.69) is 210 Å². The summed E-state index contributed by atoms with van der Waals surface area (Å²) in [7, 11) is 0. The molecule has 0 saturated carbocycles. The molecule has 2 heterocycles. The number of hydrogen-bond donors (Lipinski definition) is 0. The monoisotopic (exact) mass is 699 g/mol. The molecule has 9 aromatic carbocycles. The zero-order valence-electron chi connectivity index (χ0n) is 29.9. The van der Waals surface area contributed by atoms with E-state index in [1.165, 1.54) is 60.9 Å². The molecule has 0 atom stereocenters. The van der Waals surface area contributed by atoms with Crippen molar-refractivity contribution in [2.45, 2.75) is 5.41 Å². The Balaban J connectivity index is 1.08. The fourth-order valence-corrected chi connectivity index (χ4v) is 9.83. The first-order valence-electron chi connectivity index (χ1n) is 19.0. The second-order valence-electron chi connectivity index (χ2n) is 14.7. The largest absolute Gasteiger partial charge is 0.310 e. The van der Waals surface area contributed by atoms with Crippen LogP contribution in [0.1, 0.15) is 22.3 Å². The highest BCUT2D eigenvalue weighted by molar-refractivity contribution is 6.24. The van der Waals surface area contributed by atoms with E-state index in [0.29, 0.717) is 0 Å². The minimum Gasteiger partial charge on any atom is -0.310 e. The van der Waals surface area contributed by atoms with Crippen LogP contribution in [0.25, 0.3) is 60.8 Å². The first-order valence-corrected chi connectivity index (χ1v) is 19.0. The molecule has 10 aromatic rings. The van der Waals surface area contributed by atoms with Crippen LogP contribution in [0.5, 0.6) is 0 Å². The molecule has 0 N–H and O–H groups in total. The Morgan fingerprint density at radius 1 is 0.364 bits per heavy atom. The van der Waals surface area contributed by atoms with Crippen molar-refractivity contribution in [2.75, 3.05) is 4.90 Å². The van der Waals surface area contributed by atoms with Crippen LogP contribution in [0.2, 0.25) is 0 Å². The van der Waals surface area contributed by atoms with E-state index < -0.39 is 5.41 Å². The molecule has 0 saturated heterocycles. The molecule has 3 heteroatoms. The van der Waals surface area contributed by atoms with Gasteiger partial charge in [0.15, 0.2) is 0 Å². The smallest absolute Gasteiger partial charge is 0.145 e. The summed E-state index contributed by atoms with van der Waals surface area (Å²) >= 11 is 0. The zero-order chi connectivity index (χ0) is 36.1. The van der Waals surface area contributed by atoms with Gasteiger partial charge in [0.1, 0.15) is 5.82 Å². The summed E-state index contributed by atoms with van der Waals surface area (Å²) in [6.45, 7) is 0. The maximum absolute atomic E-state index is 5.49. The maximum atomic E-state index is 5.49. The molecular weight excluding hydrogens is 667 g/mol. The Bertz CT molecular complexity index is 3060. The second-order valence-corrected chi connectivity index (χ2v) is 14.7. The number of aromatic nitrogens is 2. The number of fused-ring (bicyclic) bond motifs is 15. The zero-order valence-corrected chi connectivity index (χ0v) is 29.9. The molecule has 1 aliphatic carbocycles. The molecule has 0 fully saturated rings. The Kier molecular flexibility index (Phi) is 6.26. The maximum Gasteiger partial charge on any atom is 0.145 e. The molecule has 256 valence electrons. The number of rotatable bonds is 3. The van der Waals surface area contributed by atoms with Crippen molar-refractivity contribution in [3.8, 4) is 28.2 Å². The number of anilines is 3. The van der Waals surface area contributed by atoms with Gasteiger partial charge in [-0.2, -0.15) is 0 Å². The summed E-state index contributed by atoms with van der Waals surface area (Å²) in [5.74, 6) is 0.923. The molecule has 0 bridgehead atoms. The molecule has 1 spiro atoms. The van der Waals surface area contributed by atoms with Gasteiger partial charge < -0.3 is 4.90 Å². The lowest BCUT2D eigenvalue weighted by Crippen LogP contribution is -2.36. The highest BCUT2D eigenvalue weighted by Crippen LogP contribution is 2.63. The summed E-state index contributed by atoms with van der Waals surface area (Å²) in [5.41, 5.74) is 15.2. The third-order valence-electron chi connectivity index (χ3n) is 12.0. The first-order chi connectivity index (χ1) is 27.3. The summed E-state index contributed by atoms with van der Waals surface area (Å²) in [6, 6.07) is 73.0. The van der Waals surface area contributed by atoms with Gasteiger partial charge in [-0.05, 0) is 92.7 Å². The summed E-state index contributed by atoms with van der Waals surface area (Å²) in [6.07, 6.45) is 0. The standard InChI is InChI=1S/C52H33N3/c1-2-16-35(17-3-1)55-50-42-23-7-5-19-38(42)37-18-4-6-22-41(37)49(50)53-51(55)34-30-32-36(33-31-34)54-47-28-14-12-26-45(47)52(46-27-13-15-29-48(46)54)43-24-10-8-20-39(43)40-21-9-11-25-44(40)52/h1-33H. The van der Waals surface area contributed by atoms with Gasteiger partial charge in [0.25, 0.3) is 0 Å². The predicted octanol–water partition coefficient (Wildman–Crippen LogP) is 13.1. The minimum atomic E-state index is -0.428. The van der Waals surface area contributed by atoms with E-state index in [-0.39, 0.29) is 0 Å². The van der Waals surface area contributed by atoms with E-state index in [1.807, 2.05) is 0 Å². The molecule has 12 rings (SSSR count). The van der Waals surface area contributed by atoms with E-state index in [4.69, 9.17) is 4.98 Å². The SMILES string of the molecule is c1ccc(-n2c(-c3ccc(N4c5ccccc5C5(c6ccccc6-c6ccccc65)c5ccccc54)cc3)nc3c4ccccc4c4ccccc4c32)cc1. The quantitative estimate of drug-likeness (QED) is 0.171. The van der Waals surface area contributed by atoms with Crippen molar-refractivity contribution in [3.63, 3.8) is 0 Å². The normalized spacial score (nSPS) is 13.6. The second kappa shape index (κ2) is 11.4. The van der Waals surface area contributed by atoms with Gasteiger partial charge in [0, 0.05) is 27.7 Å². The van der Waals surface area contributed by atoms with Gasteiger partial charge in [0.05, 0.1) is 27.8 Å². The van der Waals surface area contributed by atoms with E-state index in [0.717, 1.165) is 39.2 Å². The Labute approximate surface area is 319 Å². The van der Waals surface area contributed by atoms with Crippen molar-refractivity contribution in [3.05, 3.63) is 222 Å². The third-order valence-corrected chi connectivity index (χ3v) is 12.0. The first kappa shape index (κ1) is 30.3. The van der Waals surface area contributed by atoms with Gasteiger partial charge in [-0.3, -0.25) is 4.57 Å². The average Bonchev–Trinajstić information content (AvgIpc) is 3.81. The number of hydrogen-bond acceptors (Lipinski definition) is 2. The van der Waals surface area contributed by atoms with Crippen LogP contribution < -0.4 is 4.90 Å². The van der Waals surface area contributed by atoms with Crippen LogP contribution in [0.4, 0.5) is 17.1 Å². The van der Waals surface area contributed by atoms with Gasteiger partial charge in [-0.1, -0.05) is 152 Å². The summed E-state index contributed by atoms with van der Waals surface area (Å²) < 4.78 is 2.35. The summed E-state index contributed by atoms with van der Waals surface area (Å²) in [4.78, 5) is 7.94. The fourth-order valence-electron chi connectivity index (χ4n) is 9.83. The Morgan fingerprint density at radius 3 is 1.45 bits per heavy atom. The molecule has 0 amide bonds. The van der Waals surface area contributed by atoms with Crippen LogP contribution in [0.3, 0.4) is 0 Å². The Morgan fingerprint density at radius 2 is 0.836 bits per heavy atom. The van der Waals surface area contributed by atoms with Gasteiger partial charge in [-0.15, -0.1) is 0 Å². The molecule has 1 aromatic heterocycles. The summed E-state index contributed by atoms with van der Waals surface area (Å²) in [5, 5.41) is 4.81. The molecule has 2 aliphatic rings. The Hall–Kier alpha value is -7.23. The van der Waals surface area contributed by atoms with Crippen LogP contribution in [0.15, 0.2) is 200 Å². The fraction of sp³-hybridized carbons (Fsp3) is 0.0192. The third kappa shape index (κ3) is 4.02. The van der Waals surface area contributed by atoms with Crippen LogP contribution >= 0.6 is 0 Å². The highest BCUT2D eigenvalue weighted by atomic mass is 15.2. The predicted molar refractivity (Wildman–Crippen MR) is 227 cm³/mol. The van der Waals surface area contributed by atoms with Crippen molar-refractivity contribution in [1.29, 1.82) is 0 Å². The van der Waals surface area contributed by atoms with Crippen molar-refractivity contribution >= 4 is 49.6 Å². The van der Waals surface area contributed by atoms with E-state index >= 15 is 0 Å². The molecular formula is C52H33N3. The van der Waals surface area contributed by atoms with Gasteiger partial charge in [0.2, 0.25) is 0 Å². The molecule has 0 radical (unpaired) electrons. The van der Waals surface area contributed by atoms with Crippen LogP contribution in [-0.2, 0) is 5.41 Å². The van der Waals surface area contributed by atoms with Gasteiger partial charge >= 0.3 is 0 Å². The highest BCUT2D eigenvalue weighted by Gasteiger charge is 2.51. The average molecular weight is 700 g/mol. The molecule has 55 heavy (non-hydrogen) atoms. The number of para-hydroxylation sites is 3. The van der Waals surface area contributed by atoms with E-state index in [9.17, 15) is 0 Å². The molecule has 0 unspecified atom stereocenters. The number of benzene rings is 9. The molecule has 1 aliphatic heterocycles. The van der Waals surface area contributed by atoms with Crippen molar-refractivity contribution < 1.29 is 0 Å². The molecule has 3 nitrogen and oxygen atoms in total. The topological polar surface area (TPSA) is 21.1 Å².